The Morgan fingerprint density at radius 3 is 2.61 bits per heavy atom. The number of nitrogens with zero attached hydrogens (tertiary/aromatic N) is 1. The predicted molar refractivity (Wildman–Crippen MR) is 115 cm³/mol. The van der Waals surface area contributed by atoms with Crippen molar-refractivity contribution < 1.29 is 28.9 Å². The minimum Gasteiger partial charge on any atom is -0.507 e. The zero-order chi connectivity index (χ0) is 22.1. The van der Waals surface area contributed by atoms with Gasteiger partial charge < -0.3 is 24.2 Å². The Labute approximate surface area is 184 Å². The number of halogens is 1. The Balaban J connectivity index is 1.89. The first-order valence-corrected chi connectivity index (χ1v) is 10.4. The first-order valence-electron chi connectivity index (χ1n) is 9.98. The number of rotatable bonds is 5. The second-order valence-corrected chi connectivity index (χ2v) is 7.65. The molecule has 2 aliphatic heterocycles. The Hall–Kier alpha value is -3.19. The van der Waals surface area contributed by atoms with Crippen LogP contribution in [0.4, 0.5) is 0 Å². The van der Waals surface area contributed by atoms with Gasteiger partial charge in [0, 0.05) is 12.1 Å². The SMILES string of the molecule is CCCN1C(=O)C(=O)/C(=C(/O)c2cc(OC)ccc2Cl)C1c1ccc2c(c1)OCCO2. The molecule has 1 unspecified atom stereocenters. The third kappa shape index (κ3) is 3.70. The van der Waals surface area contributed by atoms with Crippen LogP contribution in [-0.2, 0) is 9.59 Å². The van der Waals surface area contributed by atoms with Crippen LogP contribution in [0.5, 0.6) is 17.2 Å². The summed E-state index contributed by atoms with van der Waals surface area (Å²) in [5, 5.41) is 11.4. The number of likely N-dealkylation sites (tertiary alicyclic amines) is 1. The third-order valence-corrected chi connectivity index (χ3v) is 5.64. The minimum absolute atomic E-state index is 0.0229. The summed E-state index contributed by atoms with van der Waals surface area (Å²) in [5.74, 6) is -0.180. The second kappa shape index (κ2) is 8.51. The van der Waals surface area contributed by atoms with Crippen molar-refractivity contribution in [3.05, 3.63) is 58.1 Å². The summed E-state index contributed by atoms with van der Waals surface area (Å²) in [6.45, 7) is 3.13. The van der Waals surface area contributed by atoms with Crippen LogP contribution in [0.15, 0.2) is 42.0 Å². The predicted octanol–water partition coefficient (Wildman–Crippen LogP) is 3.95. The molecule has 1 N–H and O–H groups in total. The smallest absolute Gasteiger partial charge is 0.295 e. The first-order chi connectivity index (χ1) is 15.0. The molecule has 2 heterocycles. The zero-order valence-electron chi connectivity index (χ0n) is 17.2. The summed E-state index contributed by atoms with van der Waals surface area (Å²) in [7, 11) is 1.49. The van der Waals surface area contributed by atoms with E-state index in [1.54, 1.807) is 30.3 Å². The number of amides is 1. The molecule has 8 heteroatoms. The van der Waals surface area contributed by atoms with Gasteiger partial charge in [-0.05, 0) is 42.3 Å². The molecule has 0 bridgehead atoms. The molecular formula is C23H22ClNO6. The molecule has 31 heavy (non-hydrogen) atoms. The van der Waals surface area contributed by atoms with Gasteiger partial charge in [0.2, 0.25) is 0 Å². The standard InChI is InChI=1S/C23H22ClNO6/c1-3-8-25-20(13-4-7-17-18(11-13)31-10-9-30-17)19(22(27)23(25)28)21(26)15-12-14(29-2)5-6-16(15)24/h4-7,11-12,20,26H,3,8-10H2,1-2H3/b21-19+. The van der Waals surface area contributed by atoms with E-state index in [1.165, 1.54) is 18.1 Å². The van der Waals surface area contributed by atoms with Gasteiger partial charge in [-0.2, -0.15) is 0 Å². The van der Waals surface area contributed by atoms with Gasteiger partial charge in [-0.25, -0.2) is 0 Å². The Morgan fingerprint density at radius 1 is 1.16 bits per heavy atom. The summed E-state index contributed by atoms with van der Waals surface area (Å²) >= 11 is 6.30. The van der Waals surface area contributed by atoms with Crippen LogP contribution >= 0.6 is 11.6 Å². The number of aliphatic hydroxyl groups is 1. The van der Waals surface area contributed by atoms with Gasteiger partial charge in [0.05, 0.1) is 23.7 Å². The lowest BCUT2D eigenvalue weighted by Crippen LogP contribution is -2.30. The molecule has 162 valence electrons. The third-order valence-electron chi connectivity index (χ3n) is 5.32. The van der Waals surface area contributed by atoms with Crippen LogP contribution < -0.4 is 14.2 Å². The fourth-order valence-corrected chi connectivity index (χ4v) is 4.09. The van der Waals surface area contributed by atoms with Crippen molar-refractivity contribution >= 4 is 29.1 Å². The molecule has 1 atom stereocenters. The van der Waals surface area contributed by atoms with Gasteiger partial charge in [-0.15, -0.1) is 0 Å². The van der Waals surface area contributed by atoms with Crippen molar-refractivity contribution in [3.63, 3.8) is 0 Å². The number of carbonyl (C=O) groups is 2. The van der Waals surface area contributed by atoms with Crippen LogP contribution in [0, 0.1) is 0 Å². The Morgan fingerprint density at radius 2 is 1.90 bits per heavy atom. The molecule has 2 aromatic rings. The Kier molecular flexibility index (Phi) is 5.78. The second-order valence-electron chi connectivity index (χ2n) is 7.24. The number of aliphatic hydroxyl groups excluding tert-OH is 1. The van der Waals surface area contributed by atoms with Crippen LogP contribution in [0.25, 0.3) is 5.76 Å². The highest BCUT2D eigenvalue weighted by Gasteiger charge is 2.46. The highest BCUT2D eigenvalue weighted by atomic mass is 35.5. The van der Waals surface area contributed by atoms with E-state index in [-0.39, 0.29) is 21.9 Å². The molecular weight excluding hydrogens is 422 g/mol. The van der Waals surface area contributed by atoms with Crippen molar-refractivity contribution in [2.45, 2.75) is 19.4 Å². The van der Waals surface area contributed by atoms with Crippen LogP contribution in [0.3, 0.4) is 0 Å². The molecule has 2 aromatic carbocycles. The van der Waals surface area contributed by atoms with Crippen molar-refractivity contribution in [2.24, 2.45) is 0 Å². The lowest BCUT2D eigenvalue weighted by atomic mass is 9.94. The number of methoxy groups -OCH3 is 1. The summed E-state index contributed by atoms with van der Waals surface area (Å²) in [6.07, 6.45) is 0.647. The number of fused-ring (bicyclic) bond motifs is 1. The van der Waals surface area contributed by atoms with E-state index in [0.717, 1.165) is 0 Å². The number of hydrogen-bond donors (Lipinski definition) is 1. The van der Waals surface area contributed by atoms with Crippen molar-refractivity contribution in [1.29, 1.82) is 0 Å². The maximum atomic E-state index is 13.0. The van der Waals surface area contributed by atoms with Crippen LogP contribution in [-0.4, -0.2) is 48.6 Å². The van der Waals surface area contributed by atoms with Crippen molar-refractivity contribution in [3.8, 4) is 17.2 Å². The molecule has 0 spiro atoms. The number of ketones is 1. The average molecular weight is 444 g/mol. The number of Topliss-reactive ketones (excluding diaryl/α,β-unsaturated/α-hetero) is 1. The average Bonchev–Trinajstić information content (AvgIpc) is 3.04. The molecule has 0 saturated carbocycles. The van der Waals surface area contributed by atoms with Gasteiger partial charge >= 0.3 is 0 Å². The molecule has 4 rings (SSSR count). The molecule has 0 aliphatic carbocycles. The van der Waals surface area contributed by atoms with Crippen molar-refractivity contribution in [1.82, 2.24) is 4.90 Å². The zero-order valence-corrected chi connectivity index (χ0v) is 17.9. The van der Waals surface area contributed by atoms with E-state index in [9.17, 15) is 14.7 Å². The monoisotopic (exact) mass is 443 g/mol. The minimum atomic E-state index is -0.780. The molecule has 7 nitrogen and oxygen atoms in total. The highest BCUT2D eigenvalue weighted by Crippen LogP contribution is 2.43. The first kappa shape index (κ1) is 21.1. The fraction of sp³-hybridized carbons (Fsp3) is 0.304. The van der Waals surface area contributed by atoms with E-state index in [4.69, 9.17) is 25.8 Å². The molecule has 0 aromatic heterocycles. The van der Waals surface area contributed by atoms with E-state index in [1.807, 2.05) is 6.92 Å². The molecule has 2 aliphatic rings. The van der Waals surface area contributed by atoms with Gasteiger partial charge in [0.25, 0.3) is 11.7 Å². The number of carbonyl (C=O) groups excluding carboxylic acids is 2. The van der Waals surface area contributed by atoms with E-state index < -0.39 is 17.7 Å². The van der Waals surface area contributed by atoms with E-state index in [0.29, 0.717) is 49.0 Å². The highest BCUT2D eigenvalue weighted by molar-refractivity contribution is 6.47. The summed E-state index contributed by atoms with van der Waals surface area (Å²) in [5.41, 5.74) is 0.834. The molecule has 1 amide bonds. The lowest BCUT2D eigenvalue weighted by molar-refractivity contribution is -0.139. The van der Waals surface area contributed by atoms with Gasteiger partial charge in [-0.3, -0.25) is 9.59 Å². The van der Waals surface area contributed by atoms with Crippen LogP contribution in [0.1, 0.15) is 30.5 Å². The number of benzene rings is 2. The summed E-state index contributed by atoms with van der Waals surface area (Å²) in [4.78, 5) is 27.3. The van der Waals surface area contributed by atoms with Crippen LogP contribution in [0.2, 0.25) is 5.02 Å². The lowest BCUT2D eigenvalue weighted by Gasteiger charge is -2.26. The molecule has 0 radical (unpaired) electrons. The van der Waals surface area contributed by atoms with E-state index >= 15 is 0 Å². The Bertz CT molecular complexity index is 1080. The number of hydrogen-bond acceptors (Lipinski definition) is 6. The fourth-order valence-electron chi connectivity index (χ4n) is 3.89. The van der Waals surface area contributed by atoms with Gasteiger partial charge in [0.15, 0.2) is 11.5 Å². The van der Waals surface area contributed by atoms with Crippen molar-refractivity contribution in [2.75, 3.05) is 26.9 Å². The van der Waals surface area contributed by atoms with E-state index in [2.05, 4.69) is 0 Å². The largest absolute Gasteiger partial charge is 0.507 e. The topological polar surface area (TPSA) is 85.3 Å². The number of ether oxygens (including phenoxy) is 3. The molecule has 1 saturated heterocycles. The quantitative estimate of drug-likeness (QED) is 0.428. The maximum absolute atomic E-state index is 13.0. The summed E-state index contributed by atoms with van der Waals surface area (Å²) < 4.78 is 16.5. The molecule has 1 fully saturated rings. The maximum Gasteiger partial charge on any atom is 0.295 e. The van der Waals surface area contributed by atoms with Gasteiger partial charge in [0.1, 0.15) is 24.7 Å². The normalized spacial score (nSPS) is 19.6. The van der Waals surface area contributed by atoms with Gasteiger partial charge in [-0.1, -0.05) is 24.6 Å². The summed E-state index contributed by atoms with van der Waals surface area (Å²) in [6, 6.07) is 9.23.